The van der Waals surface area contributed by atoms with E-state index in [9.17, 15) is 19.4 Å². The van der Waals surface area contributed by atoms with Gasteiger partial charge >= 0.3 is 7.82 Å². The van der Waals surface area contributed by atoms with E-state index in [0.717, 1.165) is 57.8 Å². The average molecular weight is 794 g/mol. The van der Waals surface area contributed by atoms with Gasteiger partial charge in [0, 0.05) is 6.42 Å². The number of allylic oxidation sites excluding steroid dienone is 9. The molecule has 0 spiro atoms. The number of aliphatic hydroxyl groups is 1. The molecule has 0 bridgehead atoms. The number of hydrogen-bond acceptors (Lipinski definition) is 5. The highest BCUT2D eigenvalue weighted by Crippen LogP contribution is 2.43. The standard InChI is InChI=1S/C46H85N2O6P/c1-6-8-10-12-14-16-18-19-20-21-22-23-24-25-26-27-28-29-30-32-34-36-38-40-46(50)47-44(43-54-55(51,52)53-42-41-48(3,4)5)45(49)39-37-35-33-31-17-15-13-11-9-7-2/h17-19,21-22,24-25,31,37,39,44-45,49H,6-16,20,23,26-30,32-36,38,40-43H2,1-5H3,(H-,47,50,51,52)/p+1/b19-18-,22-21-,25-24-,31-17+,39-37+. The van der Waals surface area contributed by atoms with Gasteiger partial charge in [0.25, 0.3) is 0 Å². The van der Waals surface area contributed by atoms with Crippen LogP contribution in [-0.4, -0.2) is 73.4 Å². The Kier molecular flexibility index (Phi) is 36.5. The summed E-state index contributed by atoms with van der Waals surface area (Å²) < 4.78 is 23.5. The summed E-state index contributed by atoms with van der Waals surface area (Å²) in [6, 6.07) is -0.867. The smallest absolute Gasteiger partial charge is 0.387 e. The Morgan fingerprint density at radius 1 is 0.618 bits per heavy atom. The lowest BCUT2D eigenvalue weighted by atomic mass is 10.1. The van der Waals surface area contributed by atoms with Crippen LogP contribution in [0.2, 0.25) is 0 Å². The minimum Gasteiger partial charge on any atom is -0.387 e. The zero-order valence-electron chi connectivity index (χ0n) is 36.1. The van der Waals surface area contributed by atoms with Crippen LogP contribution in [0.25, 0.3) is 0 Å². The highest BCUT2D eigenvalue weighted by Gasteiger charge is 2.27. The summed E-state index contributed by atoms with van der Waals surface area (Å²) in [5, 5.41) is 13.7. The van der Waals surface area contributed by atoms with Gasteiger partial charge < -0.3 is 19.8 Å². The van der Waals surface area contributed by atoms with Crippen molar-refractivity contribution in [3.8, 4) is 0 Å². The summed E-state index contributed by atoms with van der Waals surface area (Å²) in [5.41, 5.74) is 0. The maximum absolute atomic E-state index is 12.8. The van der Waals surface area contributed by atoms with Gasteiger partial charge in [0.2, 0.25) is 5.91 Å². The Balaban J connectivity index is 4.33. The first-order valence-corrected chi connectivity index (χ1v) is 23.7. The highest BCUT2D eigenvalue weighted by atomic mass is 31.2. The third kappa shape index (κ3) is 40.2. The van der Waals surface area contributed by atoms with E-state index in [2.05, 4.69) is 67.8 Å². The number of aliphatic hydroxyl groups excluding tert-OH is 1. The number of hydrogen-bond donors (Lipinski definition) is 3. The molecule has 55 heavy (non-hydrogen) atoms. The van der Waals surface area contributed by atoms with E-state index in [1.54, 1.807) is 6.08 Å². The molecule has 320 valence electrons. The van der Waals surface area contributed by atoms with Crippen LogP contribution in [0, 0.1) is 0 Å². The van der Waals surface area contributed by atoms with Gasteiger partial charge in [-0.05, 0) is 70.6 Å². The molecule has 0 saturated heterocycles. The lowest BCUT2D eigenvalue weighted by Crippen LogP contribution is -2.45. The van der Waals surface area contributed by atoms with Crippen LogP contribution in [0.4, 0.5) is 0 Å². The fourth-order valence-electron chi connectivity index (χ4n) is 5.89. The minimum absolute atomic E-state index is 0.0518. The number of nitrogens with zero attached hydrogens (tertiary/aromatic N) is 1. The predicted octanol–water partition coefficient (Wildman–Crippen LogP) is 12.2. The third-order valence-electron chi connectivity index (χ3n) is 9.46. The molecule has 9 heteroatoms. The zero-order chi connectivity index (χ0) is 40.7. The number of carbonyl (C=O) groups is 1. The molecule has 0 heterocycles. The Hall–Kier alpha value is -1.80. The molecule has 0 aliphatic carbocycles. The van der Waals surface area contributed by atoms with Gasteiger partial charge in [-0.3, -0.25) is 13.8 Å². The van der Waals surface area contributed by atoms with Crippen LogP contribution in [0.1, 0.15) is 174 Å². The molecule has 0 aliphatic heterocycles. The molecule has 1 amide bonds. The molecule has 3 atom stereocenters. The van der Waals surface area contributed by atoms with E-state index in [-0.39, 0.29) is 19.1 Å². The number of nitrogens with one attached hydrogen (secondary N) is 1. The summed E-state index contributed by atoms with van der Waals surface area (Å²) in [7, 11) is 1.54. The van der Waals surface area contributed by atoms with Crippen molar-refractivity contribution in [3.63, 3.8) is 0 Å². The van der Waals surface area contributed by atoms with Crippen molar-refractivity contribution in [2.24, 2.45) is 0 Å². The fourth-order valence-corrected chi connectivity index (χ4v) is 6.62. The topological polar surface area (TPSA) is 105 Å². The lowest BCUT2D eigenvalue weighted by Gasteiger charge is -2.25. The third-order valence-corrected chi connectivity index (χ3v) is 10.4. The molecule has 0 aromatic heterocycles. The number of likely N-dealkylation sites (N-methyl/N-ethyl adjacent to an activating group) is 1. The fraction of sp³-hybridized carbons (Fsp3) is 0.761. The number of carbonyl (C=O) groups excluding carboxylic acids is 1. The van der Waals surface area contributed by atoms with E-state index in [4.69, 9.17) is 9.05 Å². The SMILES string of the molecule is CCCCCC/C=C/CC/C=C/C(O)C(COP(=O)(O)OCC[N+](C)(C)C)NC(=O)CCCCCCCCCC/C=C\C/C=C\C/C=C\CCCCCCC. The van der Waals surface area contributed by atoms with Crippen molar-refractivity contribution in [3.05, 3.63) is 60.8 Å². The normalized spacial score (nSPS) is 15.0. The second-order valence-corrected chi connectivity index (χ2v) is 17.5. The molecule has 0 aromatic carbocycles. The second kappa shape index (κ2) is 37.8. The van der Waals surface area contributed by atoms with Crippen molar-refractivity contribution in [2.75, 3.05) is 40.9 Å². The van der Waals surface area contributed by atoms with Gasteiger partial charge in [-0.15, -0.1) is 0 Å². The van der Waals surface area contributed by atoms with Crippen LogP contribution in [-0.2, 0) is 18.4 Å². The average Bonchev–Trinajstić information content (AvgIpc) is 3.13. The van der Waals surface area contributed by atoms with Crippen molar-refractivity contribution in [1.29, 1.82) is 0 Å². The number of amides is 1. The summed E-state index contributed by atoms with van der Waals surface area (Å²) in [4.78, 5) is 23.1. The van der Waals surface area contributed by atoms with E-state index in [1.165, 1.54) is 96.3 Å². The largest absolute Gasteiger partial charge is 0.472 e. The number of phosphoric acid groups is 1. The van der Waals surface area contributed by atoms with Crippen LogP contribution >= 0.6 is 7.82 Å². The quantitative estimate of drug-likeness (QED) is 0.0248. The molecule has 0 aromatic rings. The van der Waals surface area contributed by atoms with Crippen LogP contribution in [0.3, 0.4) is 0 Å². The lowest BCUT2D eigenvalue weighted by molar-refractivity contribution is -0.870. The molecule has 0 aliphatic rings. The van der Waals surface area contributed by atoms with Crippen molar-refractivity contribution in [1.82, 2.24) is 5.32 Å². The van der Waals surface area contributed by atoms with Gasteiger partial charge in [-0.1, -0.05) is 158 Å². The number of rotatable bonds is 39. The number of unbranched alkanes of at least 4 members (excludes halogenated alkanes) is 18. The molecule has 3 N–H and O–H groups in total. The summed E-state index contributed by atoms with van der Waals surface area (Å²) in [5.74, 6) is -0.199. The van der Waals surface area contributed by atoms with E-state index in [0.29, 0.717) is 17.4 Å². The van der Waals surface area contributed by atoms with E-state index >= 15 is 0 Å². The molecule has 0 fully saturated rings. The number of quaternary nitrogens is 1. The Morgan fingerprint density at radius 2 is 1.05 bits per heavy atom. The van der Waals surface area contributed by atoms with E-state index in [1.807, 2.05) is 27.2 Å². The van der Waals surface area contributed by atoms with Crippen molar-refractivity contribution >= 4 is 13.7 Å². The first-order chi connectivity index (χ1) is 26.5. The second-order valence-electron chi connectivity index (χ2n) is 16.1. The Morgan fingerprint density at radius 3 is 1.60 bits per heavy atom. The summed E-state index contributed by atoms with van der Waals surface area (Å²) in [6.07, 6.45) is 48.7. The first kappa shape index (κ1) is 53.2. The van der Waals surface area contributed by atoms with Crippen LogP contribution in [0.5, 0.6) is 0 Å². The van der Waals surface area contributed by atoms with Gasteiger partial charge in [0.05, 0.1) is 39.9 Å². The molecular formula is C46H86N2O6P+. The molecule has 3 unspecified atom stereocenters. The molecule has 0 rings (SSSR count). The monoisotopic (exact) mass is 794 g/mol. The van der Waals surface area contributed by atoms with Gasteiger partial charge in [0.1, 0.15) is 13.2 Å². The predicted molar refractivity (Wildman–Crippen MR) is 235 cm³/mol. The van der Waals surface area contributed by atoms with Crippen molar-refractivity contribution in [2.45, 2.75) is 187 Å². The molecular weight excluding hydrogens is 707 g/mol. The number of phosphoric ester groups is 1. The maximum Gasteiger partial charge on any atom is 0.472 e. The highest BCUT2D eigenvalue weighted by molar-refractivity contribution is 7.47. The maximum atomic E-state index is 12.8. The molecule has 0 saturated carbocycles. The van der Waals surface area contributed by atoms with Gasteiger partial charge in [-0.25, -0.2) is 4.57 Å². The molecule has 8 nitrogen and oxygen atoms in total. The van der Waals surface area contributed by atoms with Crippen LogP contribution < -0.4 is 5.32 Å². The zero-order valence-corrected chi connectivity index (χ0v) is 37.0. The van der Waals surface area contributed by atoms with Crippen LogP contribution in [0.15, 0.2) is 60.8 Å². The van der Waals surface area contributed by atoms with Gasteiger partial charge in [-0.2, -0.15) is 0 Å². The first-order valence-electron chi connectivity index (χ1n) is 22.2. The molecule has 0 radical (unpaired) electrons. The Labute approximate surface area is 339 Å². The summed E-state index contributed by atoms with van der Waals surface area (Å²) in [6.45, 7) is 4.72. The minimum atomic E-state index is -4.34. The van der Waals surface area contributed by atoms with E-state index < -0.39 is 20.0 Å². The summed E-state index contributed by atoms with van der Waals surface area (Å²) >= 11 is 0. The van der Waals surface area contributed by atoms with Gasteiger partial charge in [0.15, 0.2) is 0 Å². The van der Waals surface area contributed by atoms with Crippen molar-refractivity contribution < 1.29 is 32.9 Å². The Bertz CT molecular complexity index is 1080.